The molecule has 1 unspecified atom stereocenters. The van der Waals surface area contributed by atoms with E-state index in [0.717, 1.165) is 16.2 Å². The molecule has 0 aliphatic rings. The normalized spacial score (nSPS) is 12.9. The van der Waals surface area contributed by atoms with Crippen LogP contribution in [-0.2, 0) is 11.3 Å². The van der Waals surface area contributed by atoms with E-state index in [2.05, 4.69) is 5.32 Å². The smallest absolute Gasteiger partial charge is 0.284 e. The van der Waals surface area contributed by atoms with E-state index in [0.29, 0.717) is 18.7 Å². The maximum Gasteiger partial charge on any atom is 0.284 e. The molecule has 26 heavy (non-hydrogen) atoms. The molecule has 0 bridgehead atoms. The Balaban J connectivity index is 2.05. The number of carbonyl (C=O) groups is 2. The van der Waals surface area contributed by atoms with Gasteiger partial charge in [0.05, 0.1) is 7.05 Å². The zero-order valence-corrected chi connectivity index (χ0v) is 16.0. The van der Waals surface area contributed by atoms with Gasteiger partial charge in [0.1, 0.15) is 6.54 Å². The Morgan fingerprint density at radius 3 is 2.23 bits per heavy atom. The summed E-state index contributed by atoms with van der Waals surface area (Å²) in [6.45, 7) is 5.31. The molecule has 2 rings (SSSR count). The molecule has 0 aliphatic carbocycles. The summed E-state index contributed by atoms with van der Waals surface area (Å²) in [4.78, 5) is 27.5. The monoisotopic (exact) mass is 354 g/mol. The van der Waals surface area contributed by atoms with Crippen molar-refractivity contribution in [2.24, 2.45) is 0 Å². The fourth-order valence-corrected chi connectivity index (χ4v) is 2.91. The molecule has 0 aromatic heterocycles. The molecule has 5 heteroatoms. The molecule has 0 fully saturated rings. The number of rotatable bonds is 7. The minimum atomic E-state index is -0.172. The summed E-state index contributed by atoms with van der Waals surface area (Å²) in [7, 11) is 3.64. The average Bonchev–Trinajstić information content (AvgIpc) is 2.68. The van der Waals surface area contributed by atoms with Crippen molar-refractivity contribution in [2.75, 3.05) is 25.5 Å². The maximum absolute atomic E-state index is 12.9. The van der Waals surface area contributed by atoms with Crippen molar-refractivity contribution < 1.29 is 14.5 Å². The zero-order chi connectivity index (χ0) is 19.1. The lowest BCUT2D eigenvalue weighted by atomic mass is 10.1. The summed E-state index contributed by atoms with van der Waals surface area (Å²) in [5.41, 5.74) is 2.66. The van der Waals surface area contributed by atoms with Crippen LogP contribution in [0.3, 0.4) is 0 Å². The number of hydrogen-bond donors (Lipinski definition) is 2. The fourth-order valence-electron chi connectivity index (χ4n) is 2.91. The number of nitrogens with zero attached hydrogens (tertiary/aromatic N) is 1. The Morgan fingerprint density at radius 2 is 1.69 bits per heavy atom. The highest BCUT2D eigenvalue weighted by molar-refractivity contribution is 5.96. The second kappa shape index (κ2) is 9.15. The lowest BCUT2D eigenvalue weighted by Gasteiger charge is -2.27. The second-order valence-corrected chi connectivity index (χ2v) is 6.44. The van der Waals surface area contributed by atoms with E-state index in [1.165, 1.54) is 0 Å². The van der Waals surface area contributed by atoms with Gasteiger partial charge in [0.25, 0.3) is 11.8 Å². The first-order valence-corrected chi connectivity index (χ1v) is 8.97. The molecular weight excluding hydrogens is 326 g/mol. The standard InChI is InChI=1S/C21H27N3O2/c1-5-24(19-9-7-6-8-10-19)21(26)16(2)23(4)15-17-11-13-18(14-12-17)20(25)22-3/h6-14,16H,5,15H2,1-4H3,(H,22,25)/p+1/t16-/m1/s1. The number of nitrogens with one attached hydrogen (secondary N) is 2. The molecule has 2 aromatic rings. The van der Waals surface area contributed by atoms with Crippen LogP contribution in [0.4, 0.5) is 5.69 Å². The highest BCUT2D eigenvalue weighted by atomic mass is 16.2. The minimum Gasteiger partial charge on any atom is -0.355 e. The van der Waals surface area contributed by atoms with E-state index in [1.54, 1.807) is 7.05 Å². The van der Waals surface area contributed by atoms with Crippen LogP contribution in [0.1, 0.15) is 29.8 Å². The van der Waals surface area contributed by atoms with Crippen molar-refractivity contribution in [1.29, 1.82) is 0 Å². The number of para-hydroxylation sites is 1. The van der Waals surface area contributed by atoms with Gasteiger partial charge in [0, 0.05) is 30.4 Å². The molecule has 2 atom stereocenters. The van der Waals surface area contributed by atoms with E-state index in [9.17, 15) is 9.59 Å². The predicted molar refractivity (Wildman–Crippen MR) is 104 cm³/mol. The summed E-state index contributed by atoms with van der Waals surface area (Å²) >= 11 is 0. The highest BCUT2D eigenvalue weighted by Crippen LogP contribution is 2.13. The third kappa shape index (κ3) is 4.70. The number of carbonyl (C=O) groups excluding carboxylic acids is 2. The van der Waals surface area contributed by atoms with Gasteiger partial charge in [0.2, 0.25) is 0 Å². The van der Waals surface area contributed by atoms with Crippen molar-refractivity contribution in [3.8, 4) is 0 Å². The van der Waals surface area contributed by atoms with E-state index in [4.69, 9.17) is 0 Å². The first kappa shape index (κ1) is 19.7. The SMILES string of the molecule is CCN(C(=O)[C@@H](C)[NH+](C)Cc1ccc(C(=O)NC)cc1)c1ccccc1. The largest absolute Gasteiger partial charge is 0.355 e. The van der Waals surface area contributed by atoms with Gasteiger partial charge in [-0.25, -0.2) is 0 Å². The Morgan fingerprint density at radius 1 is 1.08 bits per heavy atom. The summed E-state index contributed by atoms with van der Waals surface area (Å²) in [6.07, 6.45) is 0. The van der Waals surface area contributed by atoms with Crippen LogP contribution < -0.4 is 15.1 Å². The number of benzene rings is 2. The quantitative estimate of drug-likeness (QED) is 0.792. The summed E-state index contributed by atoms with van der Waals surface area (Å²) < 4.78 is 0. The van der Waals surface area contributed by atoms with Crippen LogP contribution >= 0.6 is 0 Å². The van der Waals surface area contributed by atoms with Crippen molar-refractivity contribution in [2.45, 2.75) is 26.4 Å². The highest BCUT2D eigenvalue weighted by Gasteiger charge is 2.27. The van der Waals surface area contributed by atoms with Crippen LogP contribution in [0, 0.1) is 0 Å². The minimum absolute atomic E-state index is 0.0951. The molecule has 0 spiro atoms. The molecule has 2 aromatic carbocycles. The third-order valence-electron chi connectivity index (χ3n) is 4.69. The molecule has 138 valence electrons. The Kier molecular flexibility index (Phi) is 6.92. The van der Waals surface area contributed by atoms with Crippen molar-refractivity contribution in [3.63, 3.8) is 0 Å². The van der Waals surface area contributed by atoms with Crippen molar-refractivity contribution in [1.82, 2.24) is 5.32 Å². The molecule has 5 nitrogen and oxygen atoms in total. The number of anilines is 1. The molecule has 0 saturated heterocycles. The van der Waals surface area contributed by atoms with Gasteiger partial charge in [0.15, 0.2) is 6.04 Å². The van der Waals surface area contributed by atoms with Crippen LogP contribution in [-0.4, -0.2) is 38.5 Å². The molecule has 2 amide bonds. The first-order chi connectivity index (χ1) is 12.5. The topological polar surface area (TPSA) is 53.9 Å². The van der Waals surface area contributed by atoms with Crippen molar-refractivity contribution in [3.05, 3.63) is 65.7 Å². The molecule has 2 N–H and O–H groups in total. The second-order valence-electron chi connectivity index (χ2n) is 6.44. The first-order valence-electron chi connectivity index (χ1n) is 8.97. The summed E-state index contributed by atoms with van der Waals surface area (Å²) in [5, 5.41) is 2.61. The van der Waals surface area contributed by atoms with Gasteiger partial charge in [-0.15, -0.1) is 0 Å². The van der Waals surface area contributed by atoms with E-state index in [-0.39, 0.29) is 17.9 Å². The van der Waals surface area contributed by atoms with Crippen LogP contribution in [0.5, 0.6) is 0 Å². The number of hydrogen-bond acceptors (Lipinski definition) is 2. The van der Waals surface area contributed by atoms with E-state index >= 15 is 0 Å². The Bertz CT molecular complexity index is 729. The van der Waals surface area contributed by atoms with Crippen LogP contribution in [0.25, 0.3) is 0 Å². The van der Waals surface area contributed by atoms with Crippen LogP contribution in [0.15, 0.2) is 54.6 Å². The predicted octanol–water partition coefficient (Wildman–Crippen LogP) is 1.50. The third-order valence-corrected chi connectivity index (χ3v) is 4.69. The van der Waals surface area contributed by atoms with E-state index < -0.39 is 0 Å². The van der Waals surface area contributed by atoms with Gasteiger partial charge >= 0.3 is 0 Å². The molecule has 0 aliphatic heterocycles. The van der Waals surface area contributed by atoms with Gasteiger partial charge in [-0.1, -0.05) is 30.3 Å². The number of amides is 2. The number of likely N-dealkylation sites (N-methyl/N-ethyl adjacent to an activating group) is 2. The molecule has 0 radical (unpaired) electrons. The van der Waals surface area contributed by atoms with Gasteiger partial charge in [-0.2, -0.15) is 0 Å². The summed E-state index contributed by atoms with van der Waals surface area (Å²) in [6, 6.07) is 17.1. The summed E-state index contributed by atoms with van der Waals surface area (Å²) in [5.74, 6) is 0.0143. The van der Waals surface area contributed by atoms with Crippen molar-refractivity contribution >= 4 is 17.5 Å². The zero-order valence-electron chi connectivity index (χ0n) is 16.0. The average molecular weight is 354 g/mol. The number of quaternary nitrogens is 1. The molecule has 0 heterocycles. The Labute approximate surface area is 155 Å². The van der Waals surface area contributed by atoms with E-state index in [1.807, 2.05) is 80.4 Å². The Hall–Kier alpha value is -2.66. The molecule has 0 saturated carbocycles. The van der Waals surface area contributed by atoms with Gasteiger partial charge in [-0.3, -0.25) is 9.59 Å². The lowest BCUT2D eigenvalue weighted by Crippen LogP contribution is -3.12. The van der Waals surface area contributed by atoms with Gasteiger partial charge < -0.3 is 15.1 Å². The fraction of sp³-hybridized carbons (Fsp3) is 0.333. The van der Waals surface area contributed by atoms with Gasteiger partial charge in [-0.05, 0) is 38.1 Å². The lowest BCUT2D eigenvalue weighted by molar-refractivity contribution is -0.908. The maximum atomic E-state index is 12.9. The van der Waals surface area contributed by atoms with Crippen LogP contribution in [0.2, 0.25) is 0 Å². The molecular formula is C21H28N3O2+.